The molecule has 122 valence electrons. The molecule has 1 aromatic rings. The van der Waals surface area contributed by atoms with Crippen molar-refractivity contribution >= 4 is 21.8 Å². The van der Waals surface area contributed by atoms with E-state index >= 15 is 0 Å². The van der Waals surface area contributed by atoms with Gasteiger partial charge in [0.05, 0.1) is 11.4 Å². The zero-order valence-corrected chi connectivity index (χ0v) is 14.2. The lowest BCUT2D eigenvalue weighted by atomic mass is 10.2. The molecule has 22 heavy (non-hydrogen) atoms. The van der Waals surface area contributed by atoms with E-state index in [0.717, 1.165) is 4.31 Å². The molecule has 8 heteroatoms. The molecule has 0 aromatic heterocycles. The number of nitrogens with zero attached hydrogens (tertiary/aromatic N) is 3. The number of carbonyl (C=O) groups excluding carboxylic acids is 2. The van der Waals surface area contributed by atoms with Crippen molar-refractivity contribution in [3.8, 4) is 0 Å². The summed E-state index contributed by atoms with van der Waals surface area (Å²) in [5, 5.41) is 0. The topological polar surface area (TPSA) is 78.0 Å². The van der Waals surface area contributed by atoms with Gasteiger partial charge in [-0.1, -0.05) is 0 Å². The minimum Gasteiger partial charge on any atom is -0.347 e. The number of benzene rings is 1. The molecule has 0 aliphatic heterocycles. The Bertz CT molecular complexity index is 651. The maximum atomic E-state index is 12.2. The Morgan fingerprint density at radius 3 is 1.86 bits per heavy atom. The highest BCUT2D eigenvalue weighted by Gasteiger charge is 2.19. The van der Waals surface area contributed by atoms with Gasteiger partial charge in [0, 0.05) is 40.8 Å². The first-order valence-electron chi connectivity index (χ1n) is 6.55. The average molecular weight is 327 g/mol. The first kappa shape index (κ1) is 18.1. The van der Waals surface area contributed by atoms with Gasteiger partial charge in [-0.3, -0.25) is 9.59 Å². The zero-order chi connectivity index (χ0) is 17.1. The number of rotatable bonds is 5. The minimum absolute atomic E-state index is 0.0381. The van der Waals surface area contributed by atoms with E-state index in [2.05, 4.69) is 0 Å². The number of likely N-dealkylation sites (N-methyl/N-ethyl adjacent to an activating group) is 2. The van der Waals surface area contributed by atoms with E-state index in [1.165, 1.54) is 55.2 Å². The molecule has 7 nitrogen and oxygen atoms in total. The van der Waals surface area contributed by atoms with Crippen LogP contribution in [0.4, 0.5) is 0 Å². The third kappa shape index (κ3) is 4.05. The van der Waals surface area contributed by atoms with Crippen LogP contribution < -0.4 is 0 Å². The number of sulfonamides is 1. The Labute approximate surface area is 131 Å². The van der Waals surface area contributed by atoms with Crippen molar-refractivity contribution in [1.29, 1.82) is 0 Å². The van der Waals surface area contributed by atoms with Crippen molar-refractivity contribution < 1.29 is 18.0 Å². The fourth-order valence-electron chi connectivity index (χ4n) is 1.62. The summed E-state index contributed by atoms with van der Waals surface area (Å²) < 4.78 is 25.0. The van der Waals surface area contributed by atoms with Crippen LogP contribution in [0.2, 0.25) is 0 Å². The minimum atomic E-state index is -3.52. The van der Waals surface area contributed by atoms with Crippen LogP contribution >= 0.6 is 0 Å². The van der Waals surface area contributed by atoms with Crippen LogP contribution in [0, 0.1) is 0 Å². The molecule has 0 spiro atoms. The van der Waals surface area contributed by atoms with Crippen LogP contribution in [0.15, 0.2) is 29.2 Å². The second kappa shape index (κ2) is 6.89. The number of hydrogen-bond donors (Lipinski definition) is 0. The summed E-state index contributed by atoms with van der Waals surface area (Å²) in [4.78, 5) is 26.6. The average Bonchev–Trinajstić information content (AvgIpc) is 2.46. The van der Waals surface area contributed by atoms with Gasteiger partial charge in [0.25, 0.3) is 5.91 Å². The lowest BCUT2D eigenvalue weighted by Gasteiger charge is -2.19. The zero-order valence-electron chi connectivity index (χ0n) is 13.4. The van der Waals surface area contributed by atoms with Gasteiger partial charge >= 0.3 is 0 Å². The van der Waals surface area contributed by atoms with Gasteiger partial charge in [-0.2, -0.15) is 0 Å². The van der Waals surface area contributed by atoms with Gasteiger partial charge in [0.1, 0.15) is 0 Å². The van der Waals surface area contributed by atoms with Crippen molar-refractivity contribution in [2.75, 3.05) is 41.8 Å². The standard InChI is InChI=1S/C14H21N3O4S/c1-15(2)13(18)10-17(5)14(19)11-6-8-12(9-7-11)22(20,21)16(3)4/h6-9H,10H2,1-5H3. The highest BCUT2D eigenvalue weighted by Crippen LogP contribution is 2.14. The van der Waals surface area contributed by atoms with Crippen LogP contribution in [-0.4, -0.2) is 76.1 Å². The molecule has 0 radical (unpaired) electrons. The highest BCUT2D eigenvalue weighted by molar-refractivity contribution is 7.89. The molecule has 0 atom stereocenters. The van der Waals surface area contributed by atoms with Gasteiger partial charge in [0.2, 0.25) is 15.9 Å². The van der Waals surface area contributed by atoms with Crippen molar-refractivity contribution in [2.24, 2.45) is 0 Å². The maximum absolute atomic E-state index is 12.2. The molecule has 1 rings (SSSR count). The summed E-state index contributed by atoms with van der Waals surface area (Å²) in [6.07, 6.45) is 0. The van der Waals surface area contributed by atoms with Gasteiger partial charge < -0.3 is 9.80 Å². The molecule has 0 fully saturated rings. The second-order valence-electron chi connectivity index (χ2n) is 5.26. The quantitative estimate of drug-likeness (QED) is 0.768. The largest absolute Gasteiger partial charge is 0.347 e. The fourth-order valence-corrected chi connectivity index (χ4v) is 2.52. The van der Waals surface area contributed by atoms with Crippen molar-refractivity contribution in [2.45, 2.75) is 4.90 Å². The van der Waals surface area contributed by atoms with E-state index in [4.69, 9.17) is 0 Å². The summed E-state index contributed by atoms with van der Waals surface area (Å²) >= 11 is 0. The summed E-state index contributed by atoms with van der Waals surface area (Å²) in [5.74, 6) is -0.536. The van der Waals surface area contributed by atoms with Crippen LogP contribution in [0.1, 0.15) is 10.4 Å². The number of amides is 2. The van der Waals surface area contributed by atoms with Gasteiger partial charge in [-0.25, -0.2) is 12.7 Å². The molecule has 1 aromatic carbocycles. The fraction of sp³-hybridized carbons (Fsp3) is 0.429. The Morgan fingerprint density at radius 1 is 0.955 bits per heavy atom. The number of carbonyl (C=O) groups is 2. The predicted molar refractivity (Wildman–Crippen MR) is 83.0 cm³/mol. The molecule has 0 N–H and O–H groups in total. The van der Waals surface area contributed by atoms with E-state index in [1.807, 2.05) is 0 Å². The normalized spacial score (nSPS) is 11.4. The van der Waals surface area contributed by atoms with Crippen LogP contribution in [0.25, 0.3) is 0 Å². The molecule has 0 heterocycles. The van der Waals surface area contributed by atoms with E-state index in [-0.39, 0.29) is 23.3 Å². The van der Waals surface area contributed by atoms with Crippen LogP contribution in [0.3, 0.4) is 0 Å². The lowest BCUT2D eigenvalue weighted by molar-refractivity contribution is -0.129. The van der Waals surface area contributed by atoms with Gasteiger partial charge in [-0.05, 0) is 24.3 Å². The second-order valence-corrected chi connectivity index (χ2v) is 7.41. The van der Waals surface area contributed by atoms with Crippen molar-refractivity contribution in [1.82, 2.24) is 14.1 Å². The molecule has 0 saturated heterocycles. The monoisotopic (exact) mass is 327 g/mol. The molecule has 0 unspecified atom stereocenters. The van der Waals surface area contributed by atoms with Crippen molar-refractivity contribution in [3.05, 3.63) is 29.8 Å². The smallest absolute Gasteiger partial charge is 0.254 e. The van der Waals surface area contributed by atoms with Gasteiger partial charge in [-0.15, -0.1) is 0 Å². The highest BCUT2D eigenvalue weighted by atomic mass is 32.2. The van der Waals surface area contributed by atoms with E-state index in [9.17, 15) is 18.0 Å². The molecular weight excluding hydrogens is 306 g/mol. The molecule has 0 bridgehead atoms. The summed E-state index contributed by atoms with van der Waals surface area (Å²) in [6.45, 7) is -0.0381. The Morgan fingerprint density at radius 2 is 1.45 bits per heavy atom. The Hall–Kier alpha value is -1.93. The molecule has 2 amide bonds. The first-order chi connectivity index (χ1) is 10.1. The molecule has 0 aliphatic carbocycles. The van der Waals surface area contributed by atoms with Crippen LogP contribution in [-0.2, 0) is 14.8 Å². The third-order valence-electron chi connectivity index (χ3n) is 3.10. The van der Waals surface area contributed by atoms with E-state index in [0.29, 0.717) is 5.56 Å². The van der Waals surface area contributed by atoms with Crippen LogP contribution in [0.5, 0.6) is 0 Å². The molecular formula is C14H21N3O4S. The Kier molecular flexibility index (Phi) is 5.67. The van der Waals surface area contributed by atoms with Gasteiger partial charge in [0.15, 0.2) is 0 Å². The lowest BCUT2D eigenvalue weighted by Crippen LogP contribution is -2.37. The van der Waals surface area contributed by atoms with E-state index in [1.54, 1.807) is 14.1 Å². The summed E-state index contributed by atoms with van der Waals surface area (Å²) in [5.41, 5.74) is 0.326. The van der Waals surface area contributed by atoms with E-state index < -0.39 is 10.0 Å². The maximum Gasteiger partial charge on any atom is 0.254 e. The predicted octanol–water partition coefficient (Wildman–Crippen LogP) is 0.0971. The third-order valence-corrected chi connectivity index (χ3v) is 4.93. The van der Waals surface area contributed by atoms with Crippen molar-refractivity contribution in [3.63, 3.8) is 0 Å². The molecule has 0 saturated carbocycles. The first-order valence-corrected chi connectivity index (χ1v) is 7.99. The number of hydrogen-bond acceptors (Lipinski definition) is 4. The summed E-state index contributed by atoms with van der Waals surface area (Å²) in [6, 6.07) is 5.64. The molecule has 0 aliphatic rings. The SMILES string of the molecule is CN(C)C(=O)CN(C)C(=O)c1ccc(S(=O)(=O)N(C)C)cc1. The summed E-state index contributed by atoms with van der Waals surface area (Å²) in [7, 11) is 4.10. The Balaban J connectivity index is 2.91.